The highest BCUT2D eigenvalue weighted by Gasteiger charge is 2.18. The maximum atomic E-state index is 11.2. The Hall–Kier alpha value is -1.68. The molecule has 0 radical (unpaired) electrons. The molecular formula is C13H16O4. The number of rotatable bonds is 6. The SMILES string of the molecule is CCO[C@H](Cc1cccc(C(C)=O)c1)C(=O)O. The fourth-order valence-corrected chi connectivity index (χ4v) is 1.55. The molecule has 1 N–H and O–H groups in total. The van der Waals surface area contributed by atoms with Gasteiger partial charge in [-0.25, -0.2) is 4.79 Å². The second-order valence-corrected chi connectivity index (χ2v) is 3.74. The van der Waals surface area contributed by atoms with E-state index in [1.807, 2.05) is 0 Å². The quantitative estimate of drug-likeness (QED) is 0.766. The van der Waals surface area contributed by atoms with Crippen LogP contribution in [0.1, 0.15) is 29.8 Å². The number of Topliss-reactive ketones (excluding diaryl/α,β-unsaturated/α-hetero) is 1. The van der Waals surface area contributed by atoms with Crippen LogP contribution in [-0.2, 0) is 16.0 Å². The second kappa shape index (κ2) is 6.15. The Kier molecular flexibility index (Phi) is 4.84. The Morgan fingerprint density at radius 1 is 1.41 bits per heavy atom. The molecular weight excluding hydrogens is 220 g/mol. The summed E-state index contributed by atoms with van der Waals surface area (Å²) in [7, 11) is 0. The largest absolute Gasteiger partial charge is 0.479 e. The molecule has 1 aromatic carbocycles. The standard InChI is InChI=1S/C13H16O4/c1-3-17-12(13(15)16)8-10-5-4-6-11(7-10)9(2)14/h4-7,12H,3,8H2,1-2H3,(H,15,16)/t12-/m1/s1. The van der Waals surface area contributed by atoms with E-state index >= 15 is 0 Å². The third-order valence-corrected chi connectivity index (χ3v) is 2.40. The van der Waals surface area contributed by atoms with Gasteiger partial charge >= 0.3 is 5.97 Å². The van der Waals surface area contributed by atoms with E-state index < -0.39 is 12.1 Å². The molecule has 1 rings (SSSR count). The smallest absolute Gasteiger partial charge is 0.333 e. The van der Waals surface area contributed by atoms with Crippen LogP contribution < -0.4 is 0 Å². The number of ketones is 1. The summed E-state index contributed by atoms with van der Waals surface area (Å²) in [5.41, 5.74) is 1.38. The highest BCUT2D eigenvalue weighted by molar-refractivity contribution is 5.94. The molecule has 1 aromatic rings. The van der Waals surface area contributed by atoms with E-state index in [1.54, 1.807) is 31.2 Å². The van der Waals surface area contributed by atoms with Crippen molar-refractivity contribution in [2.75, 3.05) is 6.61 Å². The van der Waals surface area contributed by atoms with Crippen molar-refractivity contribution in [3.63, 3.8) is 0 Å². The second-order valence-electron chi connectivity index (χ2n) is 3.74. The first kappa shape index (κ1) is 13.4. The summed E-state index contributed by atoms with van der Waals surface area (Å²) in [6, 6.07) is 6.96. The average molecular weight is 236 g/mol. The van der Waals surface area contributed by atoms with Crippen molar-refractivity contribution in [3.8, 4) is 0 Å². The lowest BCUT2D eigenvalue weighted by molar-refractivity contribution is -0.149. The summed E-state index contributed by atoms with van der Waals surface area (Å²) in [4.78, 5) is 22.1. The Bertz CT molecular complexity index is 412. The van der Waals surface area contributed by atoms with Crippen LogP contribution in [-0.4, -0.2) is 29.6 Å². The molecule has 0 saturated carbocycles. The van der Waals surface area contributed by atoms with Gasteiger partial charge in [0.1, 0.15) is 0 Å². The third kappa shape index (κ3) is 4.00. The molecule has 0 spiro atoms. The van der Waals surface area contributed by atoms with Crippen LogP contribution in [0, 0.1) is 0 Å². The molecule has 92 valence electrons. The first-order valence-corrected chi connectivity index (χ1v) is 5.49. The Labute approximate surface area is 100 Å². The Morgan fingerprint density at radius 3 is 2.65 bits per heavy atom. The van der Waals surface area contributed by atoms with Gasteiger partial charge < -0.3 is 9.84 Å². The van der Waals surface area contributed by atoms with E-state index in [1.165, 1.54) is 6.92 Å². The van der Waals surface area contributed by atoms with Gasteiger partial charge in [0.25, 0.3) is 0 Å². The van der Waals surface area contributed by atoms with Crippen molar-refractivity contribution in [3.05, 3.63) is 35.4 Å². The van der Waals surface area contributed by atoms with Crippen LogP contribution in [0.25, 0.3) is 0 Å². The number of carbonyl (C=O) groups excluding carboxylic acids is 1. The third-order valence-electron chi connectivity index (χ3n) is 2.40. The van der Waals surface area contributed by atoms with E-state index in [9.17, 15) is 9.59 Å². The summed E-state index contributed by atoms with van der Waals surface area (Å²) in [5.74, 6) is -1.02. The zero-order valence-electron chi connectivity index (χ0n) is 9.97. The minimum Gasteiger partial charge on any atom is -0.479 e. The maximum Gasteiger partial charge on any atom is 0.333 e. The van der Waals surface area contributed by atoms with Crippen molar-refractivity contribution in [2.45, 2.75) is 26.4 Å². The average Bonchev–Trinajstić information content (AvgIpc) is 2.28. The minimum absolute atomic E-state index is 0.0323. The molecule has 0 bridgehead atoms. The molecule has 4 heteroatoms. The predicted molar refractivity (Wildman–Crippen MR) is 63.2 cm³/mol. The molecule has 0 heterocycles. The molecule has 0 amide bonds. The molecule has 1 atom stereocenters. The van der Waals surface area contributed by atoms with Gasteiger partial charge in [-0.2, -0.15) is 0 Å². The molecule has 0 unspecified atom stereocenters. The van der Waals surface area contributed by atoms with Crippen LogP contribution in [0.3, 0.4) is 0 Å². The molecule has 0 fully saturated rings. The van der Waals surface area contributed by atoms with Crippen molar-refractivity contribution in [2.24, 2.45) is 0 Å². The van der Waals surface area contributed by atoms with Crippen LogP contribution in [0.15, 0.2) is 24.3 Å². The molecule has 17 heavy (non-hydrogen) atoms. The summed E-state index contributed by atoms with van der Waals surface area (Å²) in [6.45, 7) is 3.58. The Morgan fingerprint density at radius 2 is 2.12 bits per heavy atom. The fraction of sp³-hybridized carbons (Fsp3) is 0.385. The van der Waals surface area contributed by atoms with Gasteiger partial charge in [-0.3, -0.25) is 4.79 Å². The van der Waals surface area contributed by atoms with Crippen molar-refractivity contribution >= 4 is 11.8 Å². The number of ether oxygens (including phenoxy) is 1. The highest BCUT2D eigenvalue weighted by Crippen LogP contribution is 2.10. The molecule has 0 aliphatic rings. The van der Waals surface area contributed by atoms with E-state index in [4.69, 9.17) is 9.84 Å². The van der Waals surface area contributed by atoms with Gasteiger partial charge in [0.2, 0.25) is 0 Å². The van der Waals surface area contributed by atoms with Crippen molar-refractivity contribution < 1.29 is 19.4 Å². The fourth-order valence-electron chi connectivity index (χ4n) is 1.55. The first-order valence-electron chi connectivity index (χ1n) is 5.49. The van der Waals surface area contributed by atoms with Crippen LogP contribution in [0.5, 0.6) is 0 Å². The minimum atomic E-state index is -0.986. The lowest BCUT2D eigenvalue weighted by Crippen LogP contribution is -2.26. The maximum absolute atomic E-state index is 11.2. The van der Waals surface area contributed by atoms with E-state index in [0.29, 0.717) is 12.2 Å². The molecule has 0 aliphatic heterocycles. The zero-order chi connectivity index (χ0) is 12.8. The zero-order valence-corrected chi connectivity index (χ0v) is 9.97. The van der Waals surface area contributed by atoms with E-state index in [0.717, 1.165) is 5.56 Å². The molecule has 0 saturated heterocycles. The number of benzene rings is 1. The molecule has 0 aromatic heterocycles. The van der Waals surface area contributed by atoms with Gasteiger partial charge in [0.05, 0.1) is 0 Å². The first-order chi connectivity index (χ1) is 8.04. The summed E-state index contributed by atoms with van der Waals surface area (Å²) < 4.78 is 5.12. The van der Waals surface area contributed by atoms with Gasteiger partial charge in [-0.15, -0.1) is 0 Å². The normalized spacial score (nSPS) is 12.1. The number of carboxylic acid groups (broad SMARTS) is 1. The van der Waals surface area contributed by atoms with E-state index in [2.05, 4.69) is 0 Å². The van der Waals surface area contributed by atoms with Gasteiger partial charge in [0.15, 0.2) is 11.9 Å². The van der Waals surface area contributed by atoms with E-state index in [-0.39, 0.29) is 12.2 Å². The number of hydrogen-bond donors (Lipinski definition) is 1. The lowest BCUT2D eigenvalue weighted by Gasteiger charge is -2.12. The van der Waals surface area contributed by atoms with Crippen LogP contribution in [0.2, 0.25) is 0 Å². The Balaban J connectivity index is 2.82. The monoisotopic (exact) mass is 236 g/mol. The molecule has 4 nitrogen and oxygen atoms in total. The van der Waals surface area contributed by atoms with Gasteiger partial charge in [-0.05, 0) is 25.5 Å². The summed E-state index contributed by atoms with van der Waals surface area (Å²) in [6.07, 6.45) is -0.591. The number of aliphatic carboxylic acids is 1. The van der Waals surface area contributed by atoms with Gasteiger partial charge in [-0.1, -0.05) is 18.2 Å². The molecule has 0 aliphatic carbocycles. The highest BCUT2D eigenvalue weighted by atomic mass is 16.5. The van der Waals surface area contributed by atoms with Gasteiger partial charge in [0, 0.05) is 18.6 Å². The van der Waals surface area contributed by atoms with Crippen molar-refractivity contribution in [1.29, 1.82) is 0 Å². The lowest BCUT2D eigenvalue weighted by atomic mass is 10.0. The van der Waals surface area contributed by atoms with Crippen LogP contribution in [0.4, 0.5) is 0 Å². The number of carboxylic acids is 1. The summed E-state index contributed by atoms with van der Waals surface area (Å²) in [5, 5.41) is 8.95. The van der Waals surface area contributed by atoms with Crippen LogP contribution >= 0.6 is 0 Å². The number of carbonyl (C=O) groups is 2. The predicted octanol–water partition coefficient (Wildman–Crippen LogP) is 1.92. The topological polar surface area (TPSA) is 63.6 Å². The van der Waals surface area contributed by atoms with Crippen molar-refractivity contribution in [1.82, 2.24) is 0 Å². The summed E-state index contributed by atoms with van der Waals surface area (Å²) >= 11 is 0. The number of hydrogen-bond acceptors (Lipinski definition) is 3.